The fourth-order valence-electron chi connectivity index (χ4n) is 1.57. The number of phenols is 1. The third kappa shape index (κ3) is 2.90. The monoisotopic (exact) mass is 306 g/mol. The Morgan fingerprint density at radius 2 is 2.00 bits per heavy atom. The Morgan fingerprint density at radius 3 is 2.72 bits per heavy atom. The van der Waals surface area contributed by atoms with Crippen molar-refractivity contribution in [2.75, 3.05) is 0 Å². The number of phenolic OH excluding ortho intramolecular Hbond substituents is 1. The number of hydrogen-bond acceptors (Lipinski definition) is 3. The summed E-state index contributed by atoms with van der Waals surface area (Å²) in [6, 6.07) is 12.1. The van der Waals surface area contributed by atoms with Crippen molar-refractivity contribution in [2.24, 2.45) is 0 Å². The summed E-state index contributed by atoms with van der Waals surface area (Å²) in [6.07, 6.45) is 0.753. The number of carbonyl (C=O) groups is 1. The number of aldehydes is 1. The average Bonchev–Trinajstić information content (AvgIpc) is 2.37. The van der Waals surface area contributed by atoms with Crippen molar-refractivity contribution in [2.45, 2.75) is 6.61 Å². The molecule has 0 heterocycles. The van der Waals surface area contributed by atoms with Gasteiger partial charge in [0.15, 0.2) is 6.29 Å². The maximum Gasteiger partial charge on any atom is 0.153 e. The van der Waals surface area contributed by atoms with Crippen LogP contribution in [0.5, 0.6) is 11.5 Å². The summed E-state index contributed by atoms with van der Waals surface area (Å²) in [5.74, 6) is 0.703. The molecular weight excluding hydrogens is 296 g/mol. The molecular formula is C14H11BrO3. The second-order valence-corrected chi connectivity index (χ2v) is 4.59. The summed E-state index contributed by atoms with van der Waals surface area (Å²) in [5.41, 5.74) is 1.33. The van der Waals surface area contributed by atoms with Crippen molar-refractivity contribution >= 4 is 22.2 Å². The normalized spacial score (nSPS) is 10.1. The molecule has 3 nitrogen and oxygen atoms in total. The molecule has 0 saturated heterocycles. The lowest BCUT2D eigenvalue weighted by atomic mass is 10.2. The van der Waals surface area contributed by atoms with Gasteiger partial charge < -0.3 is 9.84 Å². The molecule has 92 valence electrons. The molecule has 1 N–H and O–H groups in total. The number of carbonyl (C=O) groups excluding carboxylic acids is 1. The molecule has 0 aliphatic heterocycles. The zero-order chi connectivity index (χ0) is 13.0. The van der Waals surface area contributed by atoms with E-state index >= 15 is 0 Å². The number of hydrogen-bond donors (Lipinski definition) is 1. The first kappa shape index (κ1) is 12.6. The third-order valence-electron chi connectivity index (χ3n) is 2.42. The molecule has 2 aromatic rings. The van der Waals surface area contributed by atoms with Crippen molar-refractivity contribution in [1.82, 2.24) is 0 Å². The van der Waals surface area contributed by atoms with Crippen LogP contribution in [0, 0.1) is 0 Å². The van der Waals surface area contributed by atoms with E-state index in [0.29, 0.717) is 11.3 Å². The maximum atomic E-state index is 10.9. The molecule has 0 unspecified atom stereocenters. The lowest BCUT2D eigenvalue weighted by molar-refractivity contribution is 0.111. The van der Waals surface area contributed by atoms with Gasteiger partial charge in [-0.1, -0.05) is 18.2 Å². The van der Waals surface area contributed by atoms with Crippen LogP contribution in [0.15, 0.2) is 46.9 Å². The molecule has 0 aromatic heterocycles. The highest BCUT2D eigenvalue weighted by Crippen LogP contribution is 2.28. The van der Waals surface area contributed by atoms with Gasteiger partial charge >= 0.3 is 0 Å². The van der Waals surface area contributed by atoms with E-state index in [-0.39, 0.29) is 12.4 Å². The molecule has 0 spiro atoms. The number of rotatable bonds is 4. The summed E-state index contributed by atoms with van der Waals surface area (Å²) >= 11 is 3.34. The number of aromatic hydroxyl groups is 1. The van der Waals surface area contributed by atoms with Crippen molar-refractivity contribution in [3.8, 4) is 11.5 Å². The smallest absolute Gasteiger partial charge is 0.153 e. The van der Waals surface area contributed by atoms with Gasteiger partial charge in [0.05, 0.1) is 10.0 Å². The summed E-state index contributed by atoms with van der Waals surface area (Å²) in [6.45, 7) is 0.290. The van der Waals surface area contributed by atoms with Crippen LogP contribution in [0.2, 0.25) is 0 Å². The minimum atomic E-state index is 0.193. The molecule has 0 aliphatic rings. The molecule has 18 heavy (non-hydrogen) atoms. The first-order valence-electron chi connectivity index (χ1n) is 5.35. The van der Waals surface area contributed by atoms with E-state index in [1.165, 1.54) is 0 Å². The summed E-state index contributed by atoms with van der Waals surface area (Å²) in [5, 5.41) is 9.34. The van der Waals surface area contributed by atoms with Crippen LogP contribution in [-0.4, -0.2) is 11.4 Å². The maximum absolute atomic E-state index is 10.9. The Bertz CT molecular complexity index is 567. The predicted octanol–water partition coefficient (Wildman–Crippen LogP) is 3.55. The van der Waals surface area contributed by atoms with Gasteiger partial charge in [-0.3, -0.25) is 4.79 Å². The molecule has 0 saturated carbocycles. The van der Waals surface area contributed by atoms with Crippen molar-refractivity contribution < 1.29 is 14.6 Å². The number of halogens is 1. The van der Waals surface area contributed by atoms with E-state index in [1.807, 2.05) is 12.1 Å². The van der Waals surface area contributed by atoms with Gasteiger partial charge in [-0.05, 0) is 45.8 Å². The Morgan fingerprint density at radius 1 is 1.22 bits per heavy atom. The number of benzene rings is 2. The van der Waals surface area contributed by atoms with Crippen LogP contribution >= 0.6 is 15.9 Å². The Kier molecular flexibility index (Phi) is 3.99. The zero-order valence-electron chi connectivity index (χ0n) is 9.47. The van der Waals surface area contributed by atoms with Gasteiger partial charge in [0.25, 0.3) is 0 Å². The molecule has 2 aromatic carbocycles. The van der Waals surface area contributed by atoms with Crippen molar-refractivity contribution in [1.29, 1.82) is 0 Å². The van der Waals surface area contributed by atoms with Gasteiger partial charge in [0.1, 0.15) is 18.1 Å². The highest BCUT2D eigenvalue weighted by Gasteiger charge is 2.07. The van der Waals surface area contributed by atoms with Crippen LogP contribution in [0.25, 0.3) is 0 Å². The fraction of sp³-hybridized carbons (Fsp3) is 0.0714. The Labute approximate surface area is 113 Å². The molecule has 0 fully saturated rings. The van der Waals surface area contributed by atoms with Crippen LogP contribution in [0.4, 0.5) is 0 Å². The highest BCUT2D eigenvalue weighted by molar-refractivity contribution is 9.10. The second kappa shape index (κ2) is 5.69. The van der Waals surface area contributed by atoms with E-state index < -0.39 is 0 Å². The lowest BCUT2D eigenvalue weighted by Crippen LogP contribution is -1.99. The van der Waals surface area contributed by atoms with Crippen molar-refractivity contribution in [3.05, 3.63) is 58.1 Å². The summed E-state index contributed by atoms with van der Waals surface area (Å²) in [4.78, 5) is 10.9. The minimum absolute atomic E-state index is 0.193. The van der Waals surface area contributed by atoms with E-state index in [9.17, 15) is 9.90 Å². The topological polar surface area (TPSA) is 46.5 Å². The van der Waals surface area contributed by atoms with Gasteiger partial charge in [-0.25, -0.2) is 0 Å². The SMILES string of the molecule is O=Cc1cccc(Br)c1OCc1cccc(O)c1. The molecule has 0 bridgehead atoms. The molecule has 4 heteroatoms. The molecule has 0 amide bonds. The minimum Gasteiger partial charge on any atom is -0.508 e. The average molecular weight is 307 g/mol. The van der Waals surface area contributed by atoms with E-state index in [1.54, 1.807) is 30.3 Å². The highest BCUT2D eigenvalue weighted by atomic mass is 79.9. The largest absolute Gasteiger partial charge is 0.508 e. The number of para-hydroxylation sites is 1. The summed E-state index contributed by atoms with van der Waals surface area (Å²) in [7, 11) is 0. The third-order valence-corrected chi connectivity index (χ3v) is 3.04. The standard InChI is InChI=1S/C14H11BrO3/c15-13-6-2-4-11(8-16)14(13)18-9-10-3-1-5-12(17)7-10/h1-8,17H,9H2. The van der Waals surface area contributed by atoms with Crippen molar-refractivity contribution in [3.63, 3.8) is 0 Å². The molecule has 0 aliphatic carbocycles. The fourth-order valence-corrected chi connectivity index (χ4v) is 2.07. The first-order chi connectivity index (χ1) is 8.70. The Balaban J connectivity index is 2.18. The quantitative estimate of drug-likeness (QED) is 0.879. The zero-order valence-corrected chi connectivity index (χ0v) is 11.1. The van der Waals surface area contributed by atoms with Gasteiger partial charge in [-0.2, -0.15) is 0 Å². The van der Waals surface area contributed by atoms with E-state index in [0.717, 1.165) is 16.3 Å². The van der Waals surface area contributed by atoms with E-state index in [2.05, 4.69) is 15.9 Å². The van der Waals surface area contributed by atoms with E-state index in [4.69, 9.17) is 4.74 Å². The predicted molar refractivity (Wildman–Crippen MR) is 72.0 cm³/mol. The molecule has 2 rings (SSSR count). The summed E-state index contributed by atoms with van der Waals surface area (Å²) < 4.78 is 6.34. The van der Waals surface area contributed by atoms with Crippen LogP contribution in [0.1, 0.15) is 15.9 Å². The van der Waals surface area contributed by atoms with Crippen LogP contribution < -0.4 is 4.74 Å². The molecule has 0 radical (unpaired) electrons. The number of ether oxygens (including phenoxy) is 1. The van der Waals surface area contributed by atoms with Gasteiger partial charge in [0.2, 0.25) is 0 Å². The van der Waals surface area contributed by atoms with Crippen LogP contribution in [-0.2, 0) is 6.61 Å². The Hall–Kier alpha value is -1.81. The van der Waals surface area contributed by atoms with Gasteiger partial charge in [-0.15, -0.1) is 0 Å². The second-order valence-electron chi connectivity index (χ2n) is 3.73. The van der Waals surface area contributed by atoms with Crippen LogP contribution in [0.3, 0.4) is 0 Å². The first-order valence-corrected chi connectivity index (χ1v) is 6.14. The lowest BCUT2D eigenvalue weighted by Gasteiger charge is -2.10. The molecule has 0 atom stereocenters. The van der Waals surface area contributed by atoms with Gasteiger partial charge in [0, 0.05) is 0 Å².